The molecule has 3 saturated heterocycles. The molecule has 1 N–H and O–H groups in total. The molecule has 0 unspecified atom stereocenters. The van der Waals surface area contributed by atoms with Crippen molar-refractivity contribution in [2.75, 3.05) is 39.3 Å². The smallest absolute Gasteiger partial charge is 0.320 e. The highest BCUT2D eigenvalue weighted by atomic mass is 32.1. The molecule has 0 radical (unpaired) electrons. The van der Waals surface area contributed by atoms with Crippen LogP contribution in [0.5, 0.6) is 0 Å². The van der Waals surface area contributed by atoms with Crippen LogP contribution >= 0.6 is 11.3 Å². The van der Waals surface area contributed by atoms with Crippen LogP contribution < -0.4 is 0 Å². The monoisotopic (exact) mass is 497 g/mol. The van der Waals surface area contributed by atoms with Gasteiger partial charge in [0.15, 0.2) is 5.82 Å². The molecule has 5 heterocycles. The van der Waals surface area contributed by atoms with Crippen LogP contribution in [-0.4, -0.2) is 84.9 Å². The Hall–Kier alpha value is -2.04. The van der Waals surface area contributed by atoms with Crippen LogP contribution in [0.4, 0.5) is 4.79 Å². The molecule has 0 atom stereocenters. The summed E-state index contributed by atoms with van der Waals surface area (Å²) >= 11 is 1.77. The van der Waals surface area contributed by atoms with E-state index in [-0.39, 0.29) is 16.9 Å². The third kappa shape index (κ3) is 3.62. The van der Waals surface area contributed by atoms with E-state index in [1.54, 1.807) is 17.7 Å². The number of urea groups is 1. The van der Waals surface area contributed by atoms with Gasteiger partial charge in [0.25, 0.3) is 0 Å². The Balaban J connectivity index is 0.845. The molecule has 3 aliphatic heterocycles. The van der Waals surface area contributed by atoms with Crippen molar-refractivity contribution in [3.05, 3.63) is 28.2 Å². The molecule has 9 nitrogen and oxygen atoms in total. The molecule has 5 aliphatic rings. The van der Waals surface area contributed by atoms with Gasteiger partial charge in [0, 0.05) is 60.9 Å². The van der Waals surface area contributed by atoms with Crippen molar-refractivity contribution < 1.29 is 9.90 Å². The van der Waals surface area contributed by atoms with Gasteiger partial charge in [-0.3, -0.25) is 4.90 Å². The fraction of sp³-hybridized carbons (Fsp3) is 0.760. The maximum absolute atomic E-state index is 13.0. The number of thiazole rings is 1. The largest absolute Gasteiger partial charge is 0.382 e. The average molecular weight is 498 g/mol. The molecule has 2 spiro atoms. The van der Waals surface area contributed by atoms with Gasteiger partial charge >= 0.3 is 6.03 Å². The number of aromatic nitrogens is 4. The van der Waals surface area contributed by atoms with Crippen molar-refractivity contribution in [1.29, 1.82) is 0 Å². The summed E-state index contributed by atoms with van der Waals surface area (Å²) in [4.78, 5) is 28.7. The summed E-state index contributed by atoms with van der Waals surface area (Å²) < 4.78 is 1.93. The normalized spacial score (nSPS) is 26.3. The van der Waals surface area contributed by atoms with Gasteiger partial charge in [0.1, 0.15) is 16.9 Å². The summed E-state index contributed by atoms with van der Waals surface area (Å²) in [7, 11) is 0. The van der Waals surface area contributed by atoms with Gasteiger partial charge in [-0.1, -0.05) is 20.8 Å². The fourth-order valence-electron chi connectivity index (χ4n) is 6.52. The van der Waals surface area contributed by atoms with Crippen LogP contribution in [0.25, 0.3) is 0 Å². The number of carbonyl (C=O) groups is 1. The molecule has 7 rings (SSSR count). The molecule has 10 heteroatoms. The number of likely N-dealkylation sites (tertiary alicyclic amines) is 3. The Morgan fingerprint density at radius 1 is 1.09 bits per heavy atom. The summed E-state index contributed by atoms with van der Waals surface area (Å²) in [5.41, 5.74) is 1.09. The Bertz CT molecular complexity index is 1150. The first kappa shape index (κ1) is 22.2. The number of hydrogen-bond donors (Lipinski definition) is 1. The first-order valence-corrected chi connectivity index (χ1v) is 13.8. The lowest BCUT2D eigenvalue weighted by Crippen LogP contribution is -2.75. The molecule has 35 heavy (non-hydrogen) atoms. The Morgan fingerprint density at radius 2 is 1.74 bits per heavy atom. The molecule has 2 aromatic rings. The van der Waals surface area contributed by atoms with E-state index >= 15 is 0 Å². The molecule has 2 amide bonds. The molecular weight excluding hydrogens is 462 g/mol. The number of rotatable bonds is 4. The van der Waals surface area contributed by atoms with Gasteiger partial charge in [0.05, 0.1) is 18.3 Å². The summed E-state index contributed by atoms with van der Waals surface area (Å²) in [6.45, 7) is 13.2. The van der Waals surface area contributed by atoms with Gasteiger partial charge in [-0.15, -0.1) is 11.3 Å². The van der Waals surface area contributed by atoms with Gasteiger partial charge in [0.2, 0.25) is 0 Å². The van der Waals surface area contributed by atoms with E-state index in [0.717, 1.165) is 71.5 Å². The van der Waals surface area contributed by atoms with Crippen LogP contribution in [-0.2, 0) is 17.6 Å². The van der Waals surface area contributed by atoms with Crippen LogP contribution in [0.1, 0.15) is 69.0 Å². The number of carbonyl (C=O) groups excluding carboxylic acids is 1. The molecule has 0 bridgehead atoms. The molecule has 2 saturated carbocycles. The van der Waals surface area contributed by atoms with Crippen molar-refractivity contribution in [2.24, 2.45) is 10.8 Å². The predicted octanol–water partition coefficient (Wildman–Crippen LogP) is 2.59. The highest BCUT2D eigenvalue weighted by Gasteiger charge is 2.58. The van der Waals surface area contributed by atoms with Crippen LogP contribution in [0, 0.1) is 10.8 Å². The predicted molar refractivity (Wildman–Crippen MR) is 131 cm³/mol. The lowest BCUT2D eigenvalue weighted by atomic mass is 9.60. The van der Waals surface area contributed by atoms with Crippen molar-refractivity contribution in [2.45, 2.75) is 70.1 Å². The lowest BCUT2D eigenvalue weighted by Gasteiger charge is -2.63. The minimum absolute atomic E-state index is 0.106. The Kier molecular flexibility index (Phi) is 4.46. The third-order valence-corrected chi connectivity index (χ3v) is 9.64. The Labute approximate surface area is 210 Å². The number of nitrogens with zero attached hydrogens (tertiary/aromatic N) is 7. The molecule has 188 valence electrons. The maximum atomic E-state index is 13.0. The topological polar surface area (TPSA) is 90.6 Å². The van der Waals surface area contributed by atoms with E-state index in [0.29, 0.717) is 17.3 Å². The fourth-order valence-corrected chi connectivity index (χ4v) is 7.58. The van der Waals surface area contributed by atoms with E-state index < -0.39 is 5.60 Å². The zero-order valence-electron chi connectivity index (χ0n) is 20.9. The van der Waals surface area contributed by atoms with E-state index in [2.05, 4.69) is 41.1 Å². The summed E-state index contributed by atoms with van der Waals surface area (Å²) in [6, 6.07) is 0.568. The van der Waals surface area contributed by atoms with Crippen LogP contribution in [0.3, 0.4) is 0 Å². The minimum atomic E-state index is -0.769. The van der Waals surface area contributed by atoms with Crippen molar-refractivity contribution in [3.63, 3.8) is 0 Å². The van der Waals surface area contributed by atoms with Crippen molar-refractivity contribution in [3.8, 4) is 0 Å². The number of amides is 2. The number of hydrogen-bond acceptors (Lipinski definition) is 7. The van der Waals surface area contributed by atoms with E-state index in [9.17, 15) is 9.90 Å². The molecule has 0 aromatic carbocycles. The van der Waals surface area contributed by atoms with Gasteiger partial charge in [-0.25, -0.2) is 19.4 Å². The van der Waals surface area contributed by atoms with Gasteiger partial charge in [-0.2, -0.15) is 5.10 Å². The number of aliphatic hydroxyl groups is 1. The zero-order valence-corrected chi connectivity index (χ0v) is 21.7. The first-order valence-electron chi connectivity index (χ1n) is 12.9. The SMILES string of the molecule is CC(C)(C)c1csc(CN2CC3(C2)CN(C(=O)N2CC4(CC(n5cnc(C6(O)CC6)n5)C4)C2)C3)n1. The van der Waals surface area contributed by atoms with E-state index in [4.69, 9.17) is 4.98 Å². The van der Waals surface area contributed by atoms with E-state index in [1.165, 1.54) is 10.7 Å². The second kappa shape index (κ2) is 7.04. The summed E-state index contributed by atoms with van der Waals surface area (Å²) in [6.07, 6.45) is 5.39. The lowest BCUT2D eigenvalue weighted by molar-refractivity contribution is -0.120. The molecule has 2 aromatic heterocycles. The van der Waals surface area contributed by atoms with Crippen molar-refractivity contribution >= 4 is 17.4 Å². The highest BCUT2D eigenvalue weighted by Crippen LogP contribution is 2.55. The minimum Gasteiger partial charge on any atom is -0.382 e. The van der Waals surface area contributed by atoms with E-state index in [1.807, 2.05) is 14.5 Å². The maximum Gasteiger partial charge on any atom is 0.320 e. The summed E-state index contributed by atoms with van der Waals surface area (Å²) in [5.74, 6) is 0.575. The van der Waals surface area contributed by atoms with Crippen LogP contribution in [0.15, 0.2) is 11.7 Å². The molecule has 2 aliphatic carbocycles. The first-order chi connectivity index (χ1) is 16.5. The third-order valence-electron chi connectivity index (χ3n) is 8.80. The van der Waals surface area contributed by atoms with Crippen LogP contribution in [0.2, 0.25) is 0 Å². The average Bonchev–Trinajstić information content (AvgIpc) is 3.10. The quantitative estimate of drug-likeness (QED) is 0.698. The highest BCUT2D eigenvalue weighted by molar-refractivity contribution is 7.09. The Morgan fingerprint density at radius 3 is 2.34 bits per heavy atom. The summed E-state index contributed by atoms with van der Waals surface area (Å²) in [5, 5.41) is 18.1. The standard InChI is InChI=1S/C25H35N7O2S/c1-22(2,3)18-9-35-19(27-18)8-29-10-24(11-29)14-31(15-24)21(33)30-12-23(13-30)6-17(7-23)32-16-26-20(28-32)25(34)4-5-25/h9,16-17,34H,4-8,10-15H2,1-3H3. The second-order valence-electron chi connectivity index (χ2n) is 13.2. The second-order valence-corrected chi connectivity index (χ2v) is 14.1. The zero-order chi connectivity index (χ0) is 24.2. The van der Waals surface area contributed by atoms with Gasteiger partial charge < -0.3 is 14.9 Å². The molecular formula is C25H35N7O2S. The molecule has 5 fully saturated rings. The van der Waals surface area contributed by atoms with Gasteiger partial charge in [-0.05, 0) is 25.7 Å². The van der Waals surface area contributed by atoms with Crippen molar-refractivity contribution in [1.82, 2.24) is 34.4 Å².